The average Bonchev–Trinajstić information content (AvgIpc) is 3.34. The van der Waals surface area contributed by atoms with Gasteiger partial charge < -0.3 is 14.9 Å². The zero-order valence-electron chi connectivity index (χ0n) is 44.7. The number of aliphatic hydroxyl groups is 2. The van der Waals surface area contributed by atoms with Crippen LogP contribution in [0, 0.1) is 6.92 Å². The number of Topliss-reactive ketones (excluding diaryl/α,β-unsaturated/α-hetero) is 2. The van der Waals surface area contributed by atoms with E-state index in [0.717, 1.165) is 6.92 Å². The van der Waals surface area contributed by atoms with Crippen molar-refractivity contribution in [1.82, 2.24) is 0 Å². The smallest absolute Gasteiger partial charge is 0.389 e. The fourth-order valence-corrected chi connectivity index (χ4v) is 5.80. The van der Waals surface area contributed by atoms with Gasteiger partial charge in [0.05, 0.1) is 39.8 Å². The molecule has 0 saturated carbocycles. The maximum Gasteiger partial charge on any atom is 0.522 e. The van der Waals surface area contributed by atoms with Crippen LogP contribution in [0.2, 0.25) is 0 Å². The highest BCUT2D eigenvalue weighted by Gasteiger charge is 2.44. The lowest BCUT2D eigenvalue weighted by Crippen LogP contribution is -2.21. The lowest BCUT2D eigenvalue weighted by atomic mass is 9.80. The molecule has 0 fully saturated rings. The number of ether oxygens (including phenoxy) is 1. The van der Waals surface area contributed by atoms with Crippen LogP contribution in [-0.4, -0.2) is 67.2 Å². The number of carbonyl (C=O) groups is 2. The first-order chi connectivity index (χ1) is 37.0. The number of hydrogen-bond acceptors (Lipinski definition) is 9. The molecule has 0 aliphatic heterocycles. The number of carbonyl (C=O) groups excluding carboxylic acids is 2. The highest BCUT2D eigenvalue weighted by Crippen LogP contribution is 2.39. The van der Waals surface area contributed by atoms with Crippen molar-refractivity contribution in [2.75, 3.05) is 18.6 Å². The first-order valence-electron chi connectivity index (χ1n) is 22.9. The second kappa shape index (κ2) is 33.8. The largest absolute Gasteiger partial charge is 0.522 e. The maximum absolute atomic E-state index is 12.9. The molecule has 0 spiro atoms. The lowest BCUT2D eigenvalue weighted by molar-refractivity contribution is -0.144. The lowest BCUT2D eigenvalue weighted by Gasteiger charge is -2.25. The Hall–Kier alpha value is -5.42. The molecule has 82 heavy (non-hydrogen) atoms. The molecule has 29 heteroatoms. The van der Waals surface area contributed by atoms with E-state index in [4.69, 9.17) is 59.5 Å². The topological polar surface area (TPSA) is 172 Å². The molecule has 0 aliphatic rings. The SMILES string of the molecule is C[C@@H](O)c1cc(C(F)(F)F)cc(C(F)(F)F)c1.C[C@@H](OCC(=O)c1ccccc1)c1cc(C(F)(F)F)cc(C(F)(F)F)c1.Cc1cc(C(C)(C)C)cc(C(C)(C)C)c1.ClCCl.O=C(CO)c1ccccc1.O=S(=O)(O)C(F)(F)F.O=S=O. The number of rotatable bonds is 8. The molecule has 5 aromatic rings. The van der Waals surface area contributed by atoms with E-state index in [2.05, 4.69) is 66.7 Å². The molecule has 3 N–H and O–H groups in total. The Labute approximate surface area is 477 Å². The number of benzene rings is 5. The van der Waals surface area contributed by atoms with Crippen molar-refractivity contribution < 1.29 is 112 Å². The Morgan fingerprint density at radius 1 is 0.537 bits per heavy atom. The number of alkyl halides is 17. The van der Waals surface area contributed by atoms with Crippen LogP contribution in [0.1, 0.15) is 138 Å². The van der Waals surface area contributed by atoms with Gasteiger partial charge in [0.2, 0.25) is 0 Å². The summed E-state index contributed by atoms with van der Waals surface area (Å²) < 4.78 is 231. The van der Waals surface area contributed by atoms with Gasteiger partial charge >= 0.3 is 51.9 Å². The Morgan fingerprint density at radius 2 is 0.805 bits per heavy atom. The van der Waals surface area contributed by atoms with Crippen molar-refractivity contribution in [1.29, 1.82) is 0 Å². The van der Waals surface area contributed by atoms with Crippen LogP contribution >= 0.6 is 23.2 Å². The highest BCUT2D eigenvalue weighted by molar-refractivity contribution is 7.86. The summed E-state index contributed by atoms with van der Waals surface area (Å²) in [5.41, 5.74) is -6.35. The normalized spacial score (nSPS) is 12.6. The van der Waals surface area contributed by atoms with Gasteiger partial charge in [-0.2, -0.15) is 82.7 Å². The molecule has 2 atom stereocenters. The van der Waals surface area contributed by atoms with E-state index in [1.54, 1.807) is 42.5 Å². The third kappa shape index (κ3) is 30.8. The van der Waals surface area contributed by atoms with Gasteiger partial charge in [-0.3, -0.25) is 14.1 Å². The second-order valence-electron chi connectivity index (χ2n) is 18.7. The van der Waals surface area contributed by atoms with Crippen LogP contribution in [0.3, 0.4) is 0 Å². The standard InChI is InChI=1S/C18H14F6O2.C15H24.C10H8F6O.C8H8O2.CH2Cl2.CHF3O3S.O2S/c1-11(26-10-16(25)12-5-3-2-4-6-12)13-7-14(17(19,20)21)9-15(8-13)18(22,23)24;1-11-8-12(14(2,3)4)10-13(9-11)15(5,6)7;1-5(17)6-2-7(9(11,12)13)4-8(3-6)10(14,15)16;9-6-8(10)7-4-2-1-3-5-7;2-1-3;2-1(3,4)8(5,6)7;1-3-2/h2-9,11H,10H2,1H3;8-10H,1-7H3;2-5,17H,1H3;1-5,9H,6H2;1H2;(H,5,6,7);/t11-;;5-;;;;/m1.1..../s1. The zero-order valence-corrected chi connectivity index (χ0v) is 47.8. The Bertz CT molecular complexity index is 2800. The Kier molecular flexibility index (Phi) is 32.4. The Morgan fingerprint density at radius 3 is 1.05 bits per heavy atom. The van der Waals surface area contributed by atoms with Crippen molar-refractivity contribution in [2.24, 2.45) is 0 Å². The molecule has 0 heterocycles. The molecule has 0 aromatic heterocycles. The number of hydrogen-bond donors (Lipinski definition) is 3. The molecular formula is C53H57Cl2F15O10S2. The molecule has 0 bridgehead atoms. The molecule has 0 unspecified atom stereocenters. The molecule has 0 aliphatic carbocycles. The first-order valence-corrected chi connectivity index (χ1v) is 26.1. The summed E-state index contributed by atoms with van der Waals surface area (Å²) in [7, 11) is -5.84. The van der Waals surface area contributed by atoms with Crippen LogP contribution in [0.5, 0.6) is 0 Å². The molecule has 5 rings (SSSR count). The van der Waals surface area contributed by atoms with Crippen LogP contribution in [0.4, 0.5) is 65.9 Å². The fourth-order valence-electron chi connectivity index (χ4n) is 5.80. The number of halogens is 17. The van der Waals surface area contributed by atoms with Gasteiger partial charge in [-0.15, -0.1) is 23.2 Å². The molecule has 5 aromatic carbocycles. The van der Waals surface area contributed by atoms with Gasteiger partial charge in [0.1, 0.15) is 13.2 Å². The van der Waals surface area contributed by atoms with Crippen molar-refractivity contribution >= 4 is 56.5 Å². The van der Waals surface area contributed by atoms with Gasteiger partial charge in [0.25, 0.3) is 0 Å². The Balaban J connectivity index is 0. The minimum atomic E-state index is -5.84. The molecule has 0 radical (unpaired) electrons. The molecule has 0 amide bonds. The summed E-state index contributed by atoms with van der Waals surface area (Å²) >= 11 is 8.78. The van der Waals surface area contributed by atoms with Crippen LogP contribution in [-0.2, 0) is 62.0 Å². The van der Waals surface area contributed by atoms with Gasteiger partial charge in [0.15, 0.2) is 11.6 Å². The summed E-state index contributed by atoms with van der Waals surface area (Å²) in [6.07, 6.45) is -22.2. The molecular weight excluding hydrogens is 1220 g/mol. The second-order valence-corrected chi connectivity index (χ2v) is 21.1. The van der Waals surface area contributed by atoms with Gasteiger partial charge in [-0.25, -0.2) is 0 Å². The summed E-state index contributed by atoms with van der Waals surface area (Å²) in [5.74, 6) is -0.666. The third-order valence-corrected chi connectivity index (χ3v) is 10.7. The van der Waals surface area contributed by atoms with Gasteiger partial charge in [0, 0.05) is 11.1 Å². The highest BCUT2D eigenvalue weighted by atomic mass is 35.5. The van der Waals surface area contributed by atoms with E-state index in [0.29, 0.717) is 35.4 Å². The predicted octanol–water partition coefficient (Wildman–Crippen LogP) is 16.1. The van der Waals surface area contributed by atoms with Crippen molar-refractivity contribution in [2.45, 2.75) is 116 Å². The minimum Gasteiger partial charge on any atom is -0.389 e. The van der Waals surface area contributed by atoms with E-state index in [9.17, 15) is 75.4 Å². The van der Waals surface area contributed by atoms with Crippen LogP contribution < -0.4 is 0 Å². The van der Waals surface area contributed by atoms with E-state index in [-0.39, 0.29) is 39.6 Å². The number of aliphatic hydroxyl groups excluding tert-OH is 2. The van der Waals surface area contributed by atoms with E-state index in [1.807, 2.05) is 6.07 Å². The number of aryl methyl sites for hydroxylation is 1. The summed E-state index contributed by atoms with van der Waals surface area (Å²) in [6, 6.07) is 25.9. The van der Waals surface area contributed by atoms with E-state index < -0.39 is 111 Å². The molecule has 460 valence electrons. The first kappa shape index (κ1) is 78.6. The van der Waals surface area contributed by atoms with Crippen LogP contribution in [0.15, 0.2) is 115 Å². The van der Waals surface area contributed by atoms with Crippen molar-refractivity contribution in [3.63, 3.8) is 0 Å². The average molecular weight is 1270 g/mol. The van der Waals surface area contributed by atoms with Crippen molar-refractivity contribution in [3.8, 4) is 0 Å². The minimum absolute atomic E-state index is 0.0197. The predicted molar refractivity (Wildman–Crippen MR) is 278 cm³/mol. The van der Waals surface area contributed by atoms with Gasteiger partial charge in [-0.05, 0) is 90.3 Å². The fraction of sp³-hybridized carbons (Fsp3) is 0.396. The summed E-state index contributed by atoms with van der Waals surface area (Å²) in [5, 5.41) is 17.7. The summed E-state index contributed by atoms with van der Waals surface area (Å²) in [6.45, 7) is 17.3. The van der Waals surface area contributed by atoms with Gasteiger partial charge in [-0.1, -0.05) is 126 Å². The van der Waals surface area contributed by atoms with Crippen molar-refractivity contribution in [3.05, 3.63) is 176 Å². The zero-order chi connectivity index (χ0) is 64.6. The van der Waals surface area contributed by atoms with Crippen LogP contribution in [0.25, 0.3) is 0 Å². The molecule has 10 nitrogen and oxygen atoms in total. The maximum atomic E-state index is 12.9. The summed E-state index contributed by atoms with van der Waals surface area (Å²) in [4.78, 5) is 22.7. The van der Waals surface area contributed by atoms with E-state index in [1.165, 1.54) is 35.7 Å². The third-order valence-electron chi connectivity index (χ3n) is 10.1. The molecule has 0 saturated heterocycles. The monoisotopic (exact) mass is 1270 g/mol. The van der Waals surface area contributed by atoms with E-state index >= 15 is 0 Å². The number of ketones is 2. The quantitative estimate of drug-likeness (QED) is 0.0446.